The third-order valence-electron chi connectivity index (χ3n) is 5.18. The molecule has 2 rings (SSSR count). The number of carbonyl (C=O) groups is 1. The van der Waals surface area contributed by atoms with Crippen LogP contribution in [0.3, 0.4) is 0 Å². The third kappa shape index (κ3) is 7.20. The molecule has 2 aromatic rings. The second-order valence-electron chi connectivity index (χ2n) is 7.55. The Morgan fingerprint density at radius 2 is 1.66 bits per heavy atom. The maximum atomic E-state index is 12.5. The maximum absolute atomic E-state index is 12.5. The lowest BCUT2D eigenvalue weighted by Gasteiger charge is -2.24. The number of rotatable bonds is 10. The number of aryl methyl sites for hydroxylation is 2. The Bertz CT molecular complexity index is 889. The summed E-state index contributed by atoms with van der Waals surface area (Å²) in [5.74, 6) is 0.705. The molecule has 1 amide bonds. The zero-order valence-corrected chi connectivity index (χ0v) is 18.5. The predicted octanol–water partition coefficient (Wildman–Crippen LogP) is 4.01. The van der Waals surface area contributed by atoms with Gasteiger partial charge in [-0.3, -0.25) is 4.79 Å². The monoisotopic (exact) mass is 417 g/mol. The van der Waals surface area contributed by atoms with Gasteiger partial charge in [-0.15, -0.1) is 0 Å². The lowest BCUT2D eigenvalue weighted by molar-refractivity contribution is -0.122. The molecule has 1 N–H and O–H groups in total. The quantitative estimate of drug-likeness (QED) is 0.593. The van der Waals surface area contributed by atoms with Crippen molar-refractivity contribution in [1.82, 2.24) is 5.32 Å². The molecule has 0 aliphatic heterocycles. The Kier molecular flexibility index (Phi) is 8.26. The van der Waals surface area contributed by atoms with E-state index in [9.17, 15) is 13.2 Å². The van der Waals surface area contributed by atoms with Gasteiger partial charge < -0.3 is 10.1 Å². The van der Waals surface area contributed by atoms with E-state index in [-0.39, 0.29) is 5.91 Å². The number of unbranched alkanes of at least 4 members (excludes halogenated alkanes) is 1. The third-order valence-corrected chi connectivity index (χ3v) is 6.80. The van der Waals surface area contributed by atoms with Crippen LogP contribution >= 0.6 is 0 Å². The van der Waals surface area contributed by atoms with E-state index in [0.717, 1.165) is 36.1 Å². The van der Waals surface area contributed by atoms with E-state index in [1.165, 1.54) is 11.8 Å². The van der Waals surface area contributed by atoms with Crippen molar-refractivity contribution in [2.24, 2.45) is 0 Å². The lowest BCUT2D eigenvalue weighted by Crippen LogP contribution is -2.38. The minimum Gasteiger partial charge on any atom is -0.497 e. The van der Waals surface area contributed by atoms with Gasteiger partial charge in [0.15, 0.2) is 9.84 Å². The summed E-state index contributed by atoms with van der Waals surface area (Å²) in [5.41, 5.74) is 3.10. The Morgan fingerprint density at radius 1 is 1.03 bits per heavy atom. The molecule has 0 aliphatic carbocycles. The molecule has 2 atom stereocenters. The molecule has 0 radical (unpaired) electrons. The Balaban J connectivity index is 1.92. The van der Waals surface area contributed by atoms with E-state index >= 15 is 0 Å². The summed E-state index contributed by atoms with van der Waals surface area (Å²) in [6, 6.07) is 15.0. The van der Waals surface area contributed by atoms with Gasteiger partial charge in [-0.1, -0.05) is 42.0 Å². The largest absolute Gasteiger partial charge is 0.497 e. The van der Waals surface area contributed by atoms with Crippen LogP contribution < -0.4 is 10.1 Å². The van der Waals surface area contributed by atoms with Crippen molar-refractivity contribution < 1.29 is 17.9 Å². The maximum Gasteiger partial charge on any atom is 0.220 e. The summed E-state index contributed by atoms with van der Waals surface area (Å²) in [4.78, 5) is 12.5. The van der Waals surface area contributed by atoms with E-state index in [1.807, 2.05) is 55.5 Å². The number of benzene rings is 2. The molecule has 0 bridgehead atoms. The lowest BCUT2D eigenvalue weighted by atomic mass is 10.0. The van der Waals surface area contributed by atoms with Gasteiger partial charge in [0.1, 0.15) is 5.75 Å². The molecular formula is C23H31NO4S. The van der Waals surface area contributed by atoms with Crippen LogP contribution in [-0.2, 0) is 21.1 Å². The second-order valence-corrected chi connectivity index (χ2v) is 9.95. The van der Waals surface area contributed by atoms with Crippen LogP contribution in [0.15, 0.2) is 48.5 Å². The Morgan fingerprint density at radius 3 is 2.21 bits per heavy atom. The van der Waals surface area contributed by atoms with Gasteiger partial charge >= 0.3 is 0 Å². The first-order valence-corrected chi connectivity index (χ1v) is 11.8. The number of nitrogens with one attached hydrogen (secondary N) is 1. The average molecular weight is 418 g/mol. The first-order valence-electron chi connectivity index (χ1n) is 9.88. The molecule has 2 aromatic carbocycles. The topological polar surface area (TPSA) is 72.5 Å². The number of amides is 1. The molecule has 0 aromatic heterocycles. The van der Waals surface area contributed by atoms with Gasteiger partial charge in [-0.25, -0.2) is 8.42 Å². The molecule has 0 spiro atoms. The summed E-state index contributed by atoms with van der Waals surface area (Å²) in [6.45, 7) is 3.62. The Hall–Kier alpha value is -2.34. The standard InChI is InChI=1S/C23H31NO4S/c1-17-9-13-20(14-10-17)23(18(2)29(4,26)27)24-22(25)8-6-5-7-19-11-15-21(28-3)16-12-19/h9-16,18,23H,5-8H2,1-4H3,(H,24,25)/t18-,23+/m1/s1. The van der Waals surface area contributed by atoms with E-state index < -0.39 is 21.1 Å². The van der Waals surface area contributed by atoms with Crippen LogP contribution in [0.5, 0.6) is 5.75 Å². The number of methoxy groups -OCH3 is 1. The molecule has 0 saturated heterocycles. The van der Waals surface area contributed by atoms with Crippen LogP contribution in [0.25, 0.3) is 0 Å². The number of hydrogen-bond acceptors (Lipinski definition) is 4. The highest BCUT2D eigenvalue weighted by atomic mass is 32.2. The van der Waals surface area contributed by atoms with Crippen molar-refractivity contribution in [1.29, 1.82) is 0 Å². The Labute approximate surface area is 174 Å². The van der Waals surface area contributed by atoms with E-state index in [4.69, 9.17) is 4.74 Å². The fourth-order valence-electron chi connectivity index (χ4n) is 3.15. The molecule has 0 fully saturated rings. The minimum atomic E-state index is -3.30. The summed E-state index contributed by atoms with van der Waals surface area (Å²) < 4.78 is 29.3. The van der Waals surface area contributed by atoms with Crippen molar-refractivity contribution in [3.63, 3.8) is 0 Å². The molecule has 5 nitrogen and oxygen atoms in total. The molecule has 0 unspecified atom stereocenters. The highest BCUT2D eigenvalue weighted by Gasteiger charge is 2.28. The van der Waals surface area contributed by atoms with Crippen molar-refractivity contribution in [2.75, 3.05) is 13.4 Å². The first-order chi connectivity index (χ1) is 13.7. The normalized spacial score (nSPS) is 13.5. The van der Waals surface area contributed by atoms with Crippen LogP contribution in [0.1, 0.15) is 48.9 Å². The van der Waals surface area contributed by atoms with E-state index in [2.05, 4.69) is 5.32 Å². The van der Waals surface area contributed by atoms with Crippen LogP contribution in [0.2, 0.25) is 0 Å². The molecule has 0 aliphatic rings. The van der Waals surface area contributed by atoms with E-state index in [1.54, 1.807) is 14.0 Å². The number of carbonyl (C=O) groups excluding carboxylic acids is 1. The average Bonchev–Trinajstić information content (AvgIpc) is 2.69. The molecule has 6 heteroatoms. The van der Waals surface area contributed by atoms with Gasteiger partial charge in [0.25, 0.3) is 0 Å². The second kappa shape index (κ2) is 10.4. The zero-order valence-electron chi connectivity index (χ0n) is 17.6. The summed E-state index contributed by atoms with van der Waals surface area (Å²) >= 11 is 0. The van der Waals surface area contributed by atoms with Crippen LogP contribution in [0.4, 0.5) is 0 Å². The summed E-state index contributed by atoms with van der Waals surface area (Å²) in [5, 5.41) is 2.24. The first kappa shape index (κ1) is 22.9. The van der Waals surface area contributed by atoms with Gasteiger partial charge in [-0.2, -0.15) is 0 Å². The van der Waals surface area contributed by atoms with Crippen LogP contribution in [-0.4, -0.2) is 32.9 Å². The molecule has 158 valence electrons. The number of ether oxygens (including phenoxy) is 1. The smallest absolute Gasteiger partial charge is 0.220 e. The van der Waals surface area contributed by atoms with Gasteiger partial charge in [-0.05, 0) is 56.4 Å². The number of hydrogen-bond donors (Lipinski definition) is 1. The van der Waals surface area contributed by atoms with Gasteiger partial charge in [0.05, 0.1) is 18.4 Å². The summed E-state index contributed by atoms with van der Waals surface area (Å²) in [6.07, 6.45) is 4.09. The molecule has 0 saturated carbocycles. The molecular weight excluding hydrogens is 386 g/mol. The summed E-state index contributed by atoms with van der Waals surface area (Å²) in [7, 11) is -1.66. The minimum absolute atomic E-state index is 0.124. The van der Waals surface area contributed by atoms with Crippen molar-refractivity contribution in [3.05, 3.63) is 65.2 Å². The molecule has 0 heterocycles. The molecule has 29 heavy (non-hydrogen) atoms. The predicted molar refractivity (Wildman–Crippen MR) is 117 cm³/mol. The van der Waals surface area contributed by atoms with Crippen molar-refractivity contribution >= 4 is 15.7 Å². The van der Waals surface area contributed by atoms with E-state index in [0.29, 0.717) is 6.42 Å². The van der Waals surface area contributed by atoms with Crippen LogP contribution in [0, 0.1) is 6.92 Å². The van der Waals surface area contributed by atoms with Gasteiger partial charge in [0, 0.05) is 12.7 Å². The fraction of sp³-hybridized carbons (Fsp3) is 0.435. The SMILES string of the molecule is COc1ccc(CCCCC(=O)N[C@H](c2ccc(C)cc2)[C@@H](C)S(C)(=O)=O)cc1. The van der Waals surface area contributed by atoms with Crippen molar-refractivity contribution in [3.8, 4) is 5.75 Å². The highest BCUT2D eigenvalue weighted by molar-refractivity contribution is 7.91. The van der Waals surface area contributed by atoms with Gasteiger partial charge in [0.2, 0.25) is 5.91 Å². The fourth-order valence-corrected chi connectivity index (χ4v) is 3.86. The van der Waals surface area contributed by atoms with Crippen molar-refractivity contribution in [2.45, 2.75) is 50.8 Å². The highest BCUT2D eigenvalue weighted by Crippen LogP contribution is 2.23. The number of sulfone groups is 1. The zero-order chi connectivity index (χ0) is 21.4.